The van der Waals surface area contributed by atoms with E-state index in [1.807, 2.05) is 12.1 Å². The number of carbonyl (C=O) groups excluding carboxylic acids is 1. The highest BCUT2D eigenvalue weighted by atomic mass is 35.5. The van der Waals surface area contributed by atoms with Crippen LogP contribution < -0.4 is 5.73 Å². The molecule has 1 aromatic rings. The minimum Gasteiger partial charge on any atom is -0.383 e. The number of primary amides is 1. The second kappa shape index (κ2) is 5.95. The van der Waals surface area contributed by atoms with Gasteiger partial charge in [-0.05, 0) is 61.9 Å². The van der Waals surface area contributed by atoms with Crippen LogP contribution in [-0.4, -0.2) is 35.1 Å². The van der Waals surface area contributed by atoms with Crippen molar-refractivity contribution in [3.05, 3.63) is 34.3 Å². The fourth-order valence-electron chi connectivity index (χ4n) is 3.75. The summed E-state index contributed by atoms with van der Waals surface area (Å²) in [5.74, 6) is -0.606. The molecule has 3 rings (SSSR count). The highest BCUT2D eigenvalue weighted by Crippen LogP contribution is 2.40. The fourth-order valence-corrected chi connectivity index (χ4v) is 4.02. The number of hydrogen-bond acceptors (Lipinski definition) is 3. The lowest BCUT2D eigenvalue weighted by molar-refractivity contribution is -0.129. The largest absolute Gasteiger partial charge is 0.383 e. The molecule has 5 heteroatoms. The Morgan fingerprint density at radius 2 is 2.05 bits per heavy atom. The number of nitrogens with two attached hydrogens (primary N) is 1. The summed E-state index contributed by atoms with van der Waals surface area (Å²) in [5.41, 5.74) is 7.81. The number of amides is 1. The Morgan fingerprint density at radius 3 is 2.71 bits per heavy atom. The Kier molecular flexibility index (Phi) is 4.20. The first-order chi connectivity index (χ1) is 10.1. The number of halogens is 1. The van der Waals surface area contributed by atoms with Gasteiger partial charge < -0.3 is 10.8 Å². The number of carbonyl (C=O) groups is 1. The van der Waals surface area contributed by atoms with E-state index >= 15 is 0 Å². The van der Waals surface area contributed by atoms with Crippen LogP contribution in [0.5, 0.6) is 0 Å². The van der Waals surface area contributed by atoms with Gasteiger partial charge in [-0.1, -0.05) is 23.7 Å². The Hall–Kier alpha value is -1.10. The standard InChI is InChI=1S/C16H21ClN2O2/c17-13-3-1-2-12-11(13)4-5-14(12)19-8-6-10(7-9-19)15(20)16(18)21/h1-3,10,14-15,20H,4-9H2,(H2,18,21)/t14-,15+/m1/s1. The molecule has 1 heterocycles. The maximum absolute atomic E-state index is 11.1. The molecule has 0 saturated carbocycles. The zero-order valence-electron chi connectivity index (χ0n) is 12.0. The van der Waals surface area contributed by atoms with E-state index in [0.717, 1.165) is 43.8 Å². The summed E-state index contributed by atoms with van der Waals surface area (Å²) in [6.45, 7) is 1.79. The molecule has 1 aromatic carbocycles. The summed E-state index contributed by atoms with van der Waals surface area (Å²) in [4.78, 5) is 13.5. The van der Waals surface area contributed by atoms with Gasteiger partial charge in [0.05, 0.1) is 0 Å². The number of aliphatic hydroxyl groups excluding tert-OH is 1. The predicted molar refractivity (Wildman–Crippen MR) is 82.0 cm³/mol. The van der Waals surface area contributed by atoms with Gasteiger partial charge in [0.1, 0.15) is 6.10 Å². The number of fused-ring (bicyclic) bond motifs is 1. The number of benzene rings is 1. The average molecular weight is 309 g/mol. The molecule has 114 valence electrons. The topological polar surface area (TPSA) is 66.6 Å². The van der Waals surface area contributed by atoms with Gasteiger partial charge in [-0.2, -0.15) is 0 Å². The summed E-state index contributed by atoms with van der Waals surface area (Å²) in [7, 11) is 0. The van der Waals surface area contributed by atoms with E-state index in [1.54, 1.807) is 0 Å². The first-order valence-corrected chi connectivity index (χ1v) is 7.94. The van der Waals surface area contributed by atoms with E-state index in [-0.39, 0.29) is 5.92 Å². The lowest BCUT2D eigenvalue weighted by atomic mass is 9.89. The molecular weight excluding hydrogens is 288 g/mol. The normalized spacial score (nSPS) is 24.8. The zero-order chi connectivity index (χ0) is 15.0. The number of piperidine rings is 1. The minimum atomic E-state index is -1.00. The molecule has 0 unspecified atom stereocenters. The molecule has 1 saturated heterocycles. The van der Waals surface area contributed by atoms with Gasteiger partial charge in [-0.3, -0.25) is 9.69 Å². The number of nitrogens with zero attached hydrogens (tertiary/aromatic N) is 1. The summed E-state index contributed by atoms with van der Waals surface area (Å²) >= 11 is 6.27. The lowest BCUT2D eigenvalue weighted by Gasteiger charge is -2.37. The van der Waals surface area contributed by atoms with Crippen molar-refractivity contribution in [2.24, 2.45) is 11.7 Å². The third-order valence-electron chi connectivity index (χ3n) is 4.93. The van der Waals surface area contributed by atoms with Crippen molar-refractivity contribution in [2.45, 2.75) is 37.8 Å². The quantitative estimate of drug-likeness (QED) is 0.896. The van der Waals surface area contributed by atoms with Crippen LogP contribution in [-0.2, 0) is 11.2 Å². The molecule has 1 aliphatic heterocycles. The monoisotopic (exact) mass is 308 g/mol. The van der Waals surface area contributed by atoms with E-state index in [4.69, 9.17) is 17.3 Å². The van der Waals surface area contributed by atoms with Crippen LogP contribution in [0.2, 0.25) is 5.02 Å². The average Bonchev–Trinajstić information content (AvgIpc) is 2.92. The van der Waals surface area contributed by atoms with E-state index in [0.29, 0.717) is 6.04 Å². The molecule has 0 bridgehead atoms. The van der Waals surface area contributed by atoms with Crippen molar-refractivity contribution in [3.8, 4) is 0 Å². The summed E-state index contributed by atoms with van der Waals surface area (Å²) < 4.78 is 0. The Bertz CT molecular complexity index is 541. The van der Waals surface area contributed by atoms with Gasteiger partial charge in [0.25, 0.3) is 0 Å². The van der Waals surface area contributed by atoms with Gasteiger partial charge in [0, 0.05) is 11.1 Å². The third kappa shape index (κ3) is 2.80. The number of aliphatic hydroxyl groups is 1. The maximum atomic E-state index is 11.1. The van der Waals surface area contributed by atoms with Crippen molar-refractivity contribution >= 4 is 17.5 Å². The van der Waals surface area contributed by atoms with Crippen molar-refractivity contribution in [3.63, 3.8) is 0 Å². The molecule has 0 spiro atoms. The highest BCUT2D eigenvalue weighted by Gasteiger charge is 2.34. The van der Waals surface area contributed by atoms with Crippen LogP contribution in [0.1, 0.15) is 36.4 Å². The van der Waals surface area contributed by atoms with Crippen molar-refractivity contribution < 1.29 is 9.90 Å². The number of hydrogen-bond donors (Lipinski definition) is 2. The lowest BCUT2D eigenvalue weighted by Crippen LogP contribution is -2.43. The molecule has 1 aliphatic carbocycles. The van der Waals surface area contributed by atoms with Gasteiger partial charge in [0.2, 0.25) is 5.91 Å². The maximum Gasteiger partial charge on any atom is 0.246 e. The van der Waals surface area contributed by atoms with Gasteiger partial charge in [-0.25, -0.2) is 0 Å². The molecular formula is C16H21ClN2O2. The van der Waals surface area contributed by atoms with Crippen LogP contribution >= 0.6 is 11.6 Å². The predicted octanol–water partition coefficient (Wildman–Crippen LogP) is 1.89. The van der Waals surface area contributed by atoms with Gasteiger partial charge >= 0.3 is 0 Å². The Balaban J connectivity index is 1.67. The first kappa shape index (κ1) is 14.8. The van der Waals surface area contributed by atoms with Crippen LogP contribution in [0.3, 0.4) is 0 Å². The molecule has 3 N–H and O–H groups in total. The van der Waals surface area contributed by atoms with Gasteiger partial charge in [0.15, 0.2) is 0 Å². The van der Waals surface area contributed by atoms with Crippen LogP contribution in [0.25, 0.3) is 0 Å². The fraction of sp³-hybridized carbons (Fsp3) is 0.562. The molecule has 1 amide bonds. The highest BCUT2D eigenvalue weighted by molar-refractivity contribution is 6.31. The zero-order valence-corrected chi connectivity index (χ0v) is 12.7. The molecule has 1 fully saturated rings. The Labute approximate surface area is 129 Å². The first-order valence-electron chi connectivity index (χ1n) is 7.56. The summed E-state index contributed by atoms with van der Waals surface area (Å²) in [6.07, 6.45) is 2.76. The minimum absolute atomic E-state index is 0.000940. The molecule has 0 aromatic heterocycles. The SMILES string of the molecule is NC(=O)[C@@H](O)C1CCN([C@@H]2CCc3c(Cl)cccc32)CC1. The van der Waals surface area contributed by atoms with Crippen LogP contribution in [0.15, 0.2) is 18.2 Å². The second-order valence-electron chi connectivity index (χ2n) is 6.08. The van der Waals surface area contributed by atoms with Crippen molar-refractivity contribution in [2.75, 3.05) is 13.1 Å². The van der Waals surface area contributed by atoms with E-state index in [9.17, 15) is 9.90 Å². The van der Waals surface area contributed by atoms with Crippen LogP contribution in [0.4, 0.5) is 0 Å². The molecule has 0 radical (unpaired) electrons. The van der Waals surface area contributed by atoms with Crippen molar-refractivity contribution in [1.82, 2.24) is 4.90 Å². The molecule has 2 aliphatic rings. The third-order valence-corrected chi connectivity index (χ3v) is 5.29. The molecule has 2 atom stereocenters. The number of rotatable bonds is 3. The smallest absolute Gasteiger partial charge is 0.246 e. The summed E-state index contributed by atoms with van der Waals surface area (Å²) in [6, 6.07) is 6.57. The van der Waals surface area contributed by atoms with E-state index in [1.165, 1.54) is 11.1 Å². The Morgan fingerprint density at radius 1 is 1.33 bits per heavy atom. The molecule has 4 nitrogen and oxygen atoms in total. The molecule has 21 heavy (non-hydrogen) atoms. The number of likely N-dealkylation sites (tertiary alicyclic amines) is 1. The van der Waals surface area contributed by atoms with Crippen molar-refractivity contribution in [1.29, 1.82) is 0 Å². The van der Waals surface area contributed by atoms with Gasteiger partial charge in [-0.15, -0.1) is 0 Å². The van der Waals surface area contributed by atoms with E-state index < -0.39 is 12.0 Å². The summed E-state index contributed by atoms with van der Waals surface area (Å²) in [5, 5.41) is 10.7. The second-order valence-corrected chi connectivity index (χ2v) is 6.49. The van der Waals surface area contributed by atoms with Crippen LogP contribution in [0, 0.1) is 5.92 Å². The van der Waals surface area contributed by atoms with E-state index in [2.05, 4.69) is 11.0 Å².